The molecule has 2 aromatic rings. The Labute approximate surface area is 160 Å². The number of benzene rings is 1. The minimum Gasteiger partial charge on any atom is -0.341 e. The largest absolute Gasteiger partial charge is 0.341 e. The van der Waals surface area contributed by atoms with Gasteiger partial charge in [-0.15, -0.1) is 0 Å². The van der Waals surface area contributed by atoms with Crippen molar-refractivity contribution in [2.75, 3.05) is 33.2 Å². The van der Waals surface area contributed by atoms with E-state index in [1.54, 1.807) is 7.05 Å². The SMILES string of the molecule is CNC(=O)NCCN1CCC(=C2c3ccccc3CCn3ccnc32)CC1. The molecule has 1 aromatic carbocycles. The van der Waals surface area contributed by atoms with Crippen molar-refractivity contribution in [3.8, 4) is 0 Å². The third-order valence-corrected chi connectivity index (χ3v) is 5.60. The Bertz CT molecular complexity index is 844. The Kier molecular flexibility index (Phi) is 5.25. The molecule has 142 valence electrons. The van der Waals surface area contributed by atoms with Crippen molar-refractivity contribution in [2.24, 2.45) is 0 Å². The lowest BCUT2D eigenvalue weighted by Gasteiger charge is -2.30. The Morgan fingerprint density at radius 2 is 1.96 bits per heavy atom. The number of carbonyl (C=O) groups is 1. The fraction of sp³-hybridized carbons (Fsp3) is 0.429. The highest BCUT2D eigenvalue weighted by Gasteiger charge is 2.24. The summed E-state index contributed by atoms with van der Waals surface area (Å²) in [6.07, 6.45) is 7.17. The van der Waals surface area contributed by atoms with Gasteiger partial charge in [-0.1, -0.05) is 29.8 Å². The number of piperidine rings is 1. The summed E-state index contributed by atoms with van der Waals surface area (Å²) in [4.78, 5) is 18.4. The number of fused-ring (bicyclic) bond motifs is 2. The molecular weight excluding hydrogens is 338 g/mol. The summed E-state index contributed by atoms with van der Waals surface area (Å²) >= 11 is 0. The van der Waals surface area contributed by atoms with Crippen molar-refractivity contribution in [3.05, 3.63) is 59.2 Å². The van der Waals surface area contributed by atoms with E-state index in [-0.39, 0.29) is 6.03 Å². The van der Waals surface area contributed by atoms with Crippen molar-refractivity contribution in [2.45, 2.75) is 25.8 Å². The van der Waals surface area contributed by atoms with Gasteiger partial charge in [-0.2, -0.15) is 0 Å². The van der Waals surface area contributed by atoms with Gasteiger partial charge in [-0.25, -0.2) is 9.78 Å². The predicted molar refractivity (Wildman–Crippen MR) is 107 cm³/mol. The van der Waals surface area contributed by atoms with Crippen LogP contribution in [0.3, 0.4) is 0 Å². The molecule has 2 amide bonds. The van der Waals surface area contributed by atoms with Gasteiger partial charge in [-0.05, 0) is 30.4 Å². The van der Waals surface area contributed by atoms with Crippen LogP contribution in [0.1, 0.15) is 29.8 Å². The van der Waals surface area contributed by atoms with E-state index in [1.165, 1.54) is 22.3 Å². The average Bonchev–Trinajstić information content (AvgIpc) is 3.10. The van der Waals surface area contributed by atoms with Crippen LogP contribution in [-0.2, 0) is 13.0 Å². The van der Waals surface area contributed by atoms with E-state index in [0.29, 0.717) is 6.54 Å². The Balaban J connectivity index is 1.54. The molecule has 0 saturated carbocycles. The molecule has 6 heteroatoms. The molecule has 1 fully saturated rings. The molecule has 6 nitrogen and oxygen atoms in total. The zero-order valence-corrected chi connectivity index (χ0v) is 15.9. The second kappa shape index (κ2) is 7.96. The summed E-state index contributed by atoms with van der Waals surface area (Å²) in [6.45, 7) is 4.61. The van der Waals surface area contributed by atoms with Crippen LogP contribution in [0.15, 0.2) is 42.2 Å². The molecule has 0 radical (unpaired) electrons. The summed E-state index contributed by atoms with van der Waals surface area (Å²) in [5.74, 6) is 1.12. The third kappa shape index (κ3) is 3.76. The predicted octanol–water partition coefficient (Wildman–Crippen LogP) is 2.27. The number of nitrogens with zero attached hydrogens (tertiary/aromatic N) is 3. The molecule has 0 aliphatic carbocycles. The van der Waals surface area contributed by atoms with Gasteiger partial charge < -0.3 is 20.1 Å². The van der Waals surface area contributed by atoms with E-state index in [0.717, 1.165) is 51.3 Å². The van der Waals surface area contributed by atoms with Crippen LogP contribution in [0, 0.1) is 0 Å². The van der Waals surface area contributed by atoms with Crippen molar-refractivity contribution in [1.82, 2.24) is 25.1 Å². The molecule has 0 bridgehead atoms. The number of nitrogens with one attached hydrogen (secondary N) is 2. The number of likely N-dealkylation sites (tertiary alicyclic amines) is 1. The van der Waals surface area contributed by atoms with Crippen LogP contribution in [0.2, 0.25) is 0 Å². The lowest BCUT2D eigenvalue weighted by atomic mass is 9.90. The fourth-order valence-corrected chi connectivity index (χ4v) is 4.12. The van der Waals surface area contributed by atoms with Crippen molar-refractivity contribution in [1.29, 1.82) is 0 Å². The quantitative estimate of drug-likeness (QED) is 0.877. The van der Waals surface area contributed by atoms with Crippen LogP contribution in [0.25, 0.3) is 5.57 Å². The molecular formula is C21H27N5O. The Morgan fingerprint density at radius 1 is 1.15 bits per heavy atom. The average molecular weight is 365 g/mol. The maximum atomic E-state index is 11.3. The van der Waals surface area contributed by atoms with Gasteiger partial charge in [0.1, 0.15) is 5.82 Å². The van der Waals surface area contributed by atoms with Gasteiger partial charge in [0, 0.05) is 57.7 Å². The summed E-state index contributed by atoms with van der Waals surface area (Å²) in [7, 11) is 1.64. The van der Waals surface area contributed by atoms with E-state index in [4.69, 9.17) is 4.98 Å². The number of imidazole rings is 1. The second-order valence-electron chi connectivity index (χ2n) is 7.18. The zero-order chi connectivity index (χ0) is 18.6. The first-order valence-electron chi connectivity index (χ1n) is 9.76. The topological polar surface area (TPSA) is 62.2 Å². The Hall–Kier alpha value is -2.60. The normalized spacial score (nSPS) is 17.1. The van der Waals surface area contributed by atoms with Gasteiger partial charge in [0.25, 0.3) is 0 Å². The van der Waals surface area contributed by atoms with E-state index in [2.05, 4.69) is 50.6 Å². The van der Waals surface area contributed by atoms with E-state index < -0.39 is 0 Å². The lowest BCUT2D eigenvalue weighted by molar-refractivity contribution is 0.233. The molecule has 0 spiro atoms. The standard InChI is InChI=1S/C21H27N5O/c1-22-21(27)24-9-14-25-11-6-17(7-12-25)19-18-5-3-2-4-16(18)8-13-26-15-10-23-20(19)26/h2-5,10,15H,6-9,11-14H2,1H3,(H2,22,24,27). The Morgan fingerprint density at radius 3 is 2.78 bits per heavy atom. The van der Waals surface area contributed by atoms with E-state index >= 15 is 0 Å². The van der Waals surface area contributed by atoms with Crippen LogP contribution < -0.4 is 10.6 Å². The summed E-state index contributed by atoms with van der Waals surface area (Å²) in [5, 5.41) is 5.46. The summed E-state index contributed by atoms with van der Waals surface area (Å²) in [6, 6.07) is 8.66. The minimum atomic E-state index is -0.114. The van der Waals surface area contributed by atoms with Crippen LogP contribution >= 0.6 is 0 Å². The molecule has 4 rings (SSSR count). The summed E-state index contributed by atoms with van der Waals surface area (Å²) < 4.78 is 2.29. The maximum absolute atomic E-state index is 11.3. The number of aromatic nitrogens is 2. The molecule has 27 heavy (non-hydrogen) atoms. The molecule has 0 atom stereocenters. The number of hydrogen-bond donors (Lipinski definition) is 2. The fourth-order valence-electron chi connectivity index (χ4n) is 4.12. The van der Waals surface area contributed by atoms with Crippen LogP contribution in [0.5, 0.6) is 0 Å². The number of carbonyl (C=O) groups excluding carboxylic acids is 1. The molecule has 1 aromatic heterocycles. The third-order valence-electron chi connectivity index (χ3n) is 5.60. The first kappa shape index (κ1) is 17.8. The summed E-state index contributed by atoms with van der Waals surface area (Å²) in [5.41, 5.74) is 5.62. The maximum Gasteiger partial charge on any atom is 0.314 e. The second-order valence-corrected chi connectivity index (χ2v) is 7.18. The number of urea groups is 1. The number of rotatable bonds is 3. The molecule has 1 saturated heterocycles. The molecule has 3 heterocycles. The molecule has 2 N–H and O–H groups in total. The smallest absolute Gasteiger partial charge is 0.314 e. The van der Waals surface area contributed by atoms with Crippen molar-refractivity contribution in [3.63, 3.8) is 0 Å². The van der Waals surface area contributed by atoms with Gasteiger partial charge in [0.15, 0.2) is 0 Å². The number of aryl methyl sites for hydroxylation is 2. The molecule has 2 aliphatic rings. The van der Waals surface area contributed by atoms with Gasteiger partial charge >= 0.3 is 6.03 Å². The highest BCUT2D eigenvalue weighted by Crippen LogP contribution is 2.35. The zero-order valence-electron chi connectivity index (χ0n) is 15.9. The van der Waals surface area contributed by atoms with Crippen molar-refractivity contribution >= 4 is 11.6 Å². The highest BCUT2D eigenvalue weighted by molar-refractivity contribution is 5.81. The number of hydrogen-bond acceptors (Lipinski definition) is 3. The minimum absolute atomic E-state index is 0.114. The molecule has 0 unspecified atom stereocenters. The van der Waals surface area contributed by atoms with Gasteiger partial charge in [0.05, 0.1) is 0 Å². The van der Waals surface area contributed by atoms with E-state index in [9.17, 15) is 4.79 Å². The highest BCUT2D eigenvalue weighted by atomic mass is 16.2. The van der Waals surface area contributed by atoms with Crippen molar-refractivity contribution < 1.29 is 4.79 Å². The molecule has 2 aliphatic heterocycles. The first-order valence-corrected chi connectivity index (χ1v) is 9.76. The van der Waals surface area contributed by atoms with E-state index in [1.807, 2.05) is 6.20 Å². The lowest BCUT2D eigenvalue weighted by Crippen LogP contribution is -2.40. The van der Waals surface area contributed by atoms with Gasteiger partial charge in [0.2, 0.25) is 0 Å². The first-order chi connectivity index (χ1) is 13.3. The number of amides is 2. The monoisotopic (exact) mass is 365 g/mol. The van der Waals surface area contributed by atoms with Crippen LogP contribution in [-0.4, -0.2) is 53.7 Å². The van der Waals surface area contributed by atoms with Gasteiger partial charge in [-0.3, -0.25) is 0 Å². The van der Waals surface area contributed by atoms with Crippen LogP contribution in [0.4, 0.5) is 4.79 Å².